The highest BCUT2D eigenvalue weighted by atomic mass is 16.5. The van der Waals surface area contributed by atoms with Crippen molar-refractivity contribution in [2.75, 3.05) is 13.1 Å². The van der Waals surface area contributed by atoms with E-state index in [-0.39, 0.29) is 22.8 Å². The second-order valence-corrected chi connectivity index (χ2v) is 7.87. The molecule has 0 saturated carbocycles. The Morgan fingerprint density at radius 2 is 1.93 bits per heavy atom. The number of para-hydroxylation sites is 1. The highest BCUT2D eigenvalue weighted by Crippen LogP contribution is 2.39. The van der Waals surface area contributed by atoms with Gasteiger partial charge in [0.2, 0.25) is 0 Å². The second kappa shape index (κ2) is 6.93. The normalized spacial score (nSPS) is 21.8. The average molecular weight is 380 g/mol. The van der Waals surface area contributed by atoms with Crippen LogP contribution in [0.4, 0.5) is 0 Å². The molecule has 2 aromatic rings. The molecule has 2 aliphatic rings. The van der Waals surface area contributed by atoms with E-state index in [1.807, 2.05) is 24.3 Å². The van der Waals surface area contributed by atoms with Crippen LogP contribution in [0.2, 0.25) is 0 Å². The Morgan fingerprint density at radius 3 is 2.71 bits per heavy atom. The summed E-state index contributed by atoms with van der Waals surface area (Å²) in [4.78, 5) is 42.4. The van der Waals surface area contributed by atoms with Crippen LogP contribution in [0.15, 0.2) is 35.1 Å². The van der Waals surface area contributed by atoms with Crippen LogP contribution in [0.25, 0.3) is 0 Å². The molecule has 1 saturated heterocycles. The number of hydrogen-bond donors (Lipinski definition) is 1. The first-order chi connectivity index (χ1) is 13.4. The Morgan fingerprint density at radius 1 is 1.14 bits per heavy atom. The minimum Gasteiger partial charge on any atom is -0.486 e. The maximum absolute atomic E-state index is 13.0. The summed E-state index contributed by atoms with van der Waals surface area (Å²) in [5.41, 5.74) is 1.33. The molecule has 146 valence electrons. The monoisotopic (exact) mass is 380 g/mol. The maximum atomic E-state index is 13.0. The van der Waals surface area contributed by atoms with Crippen LogP contribution in [-0.4, -0.2) is 40.3 Å². The molecule has 0 aliphatic carbocycles. The number of aryl methyl sites for hydroxylation is 2. The number of benzene rings is 1. The summed E-state index contributed by atoms with van der Waals surface area (Å²) in [5, 5.41) is 0. The van der Waals surface area contributed by atoms with Crippen LogP contribution < -0.4 is 10.3 Å². The molecule has 1 atom stereocenters. The Kier molecular flexibility index (Phi) is 4.57. The van der Waals surface area contributed by atoms with Crippen molar-refractivity contribution in [1.82, 2.24) is 9.88 Å². The highest BCUT2D eigenvalue weighted by Gasteiger charge is 2.42. The number of rotatable bonds is 1. The highest BCUT2D eigenvalue weighted by molar-refractivity contribution is 6.00. The van der Waals surface area contributed by atoms with Gasteiger partial charge in [0.1, 0.15) is 16.9 Å². The number of carbonyl (C=O) groups excluding carboxylic acids is 2. The molecule has 1 aromatic heterocycles. The Balaban J connectivity index is 1.56. The van der Waals surface area contributed by atoms with Gasteiger partial charge in [-0.2, -0.15) is 0 Å². The lowest BCUT2D eigenvalue weighted by Crippen LogP contribution is -2.43. The molecule has 2 aliphatic heterocycles. The fourth-order valence-corrected chi connectivity index (χ4v) is 4.37. The lowest BCUT2D eigenvalue weighted by atomic mass is 9.84. The van der Waals surface area contributed by atoms with Gasteiger partial charge in [-0.15, -0.1) is 0 Å². The molecule has 1 fully saturated rings. The molecule has 6 nitrogen and oxygen atoms in total. The Hall–Kier alpha value is -2.89. The Labute approximate surface area is 163 Å². The van der Waals surface area contributed by atoms with Gasteiger partial charge in [0.25, 0.3) is 11.5 Å². The lowest BCUT2D eigenvalue weighted by Gasteiger charge is -2.37. The third kappa shape index (κ3) is 3.23. The van der Waals surface area contributed by atoms with Crippen LogP contribution in [0, 0.1) is 13.8 Å². The number of nitrogens with zero attached hydrogens (tertiary/aromatic N) is 1. The van der Waals surface area contributed by atoms with E-state index >= 15 is 0 Å². The predicted octanol–water partition coefficient (Wildman–Crippen LogP) is 3.02. The van der Waals surface area contributed by atoms with Crippen molar-refractivity contribution < 1.29 is 14.3 Å². The standard InChI is InChI=1S/C22H24N2O4/c1-14-12-15(2)23-20(26)19(14)21(27)24-10-5-8-22(9-11-24)13-17(25)16-6-3-4-7-18(16)28-22/h3-4,6-7,12H,5,8-11,13H2,1-2H3,(H,23,26). The number of H-pyrrole nitrogens is 1. The summed E-state index contributed by atoms with van der Waals surface area (Å²) >= 11 is 0. The fraction of sp³-hybridized carbons (Fsp3) is 0.409. The van der Waals surface area contributed by atoms with Gasteiger partial charge in [-0.05, 0) is 50.5 Å². The number of aromatic nitrogens is 1. The number of carbonyl (C=O) groups is 2. The number of amides is 1. The van der Waals surface area contributed by atoms with Crippen molar-refractivity contribution >= 4 is 11.7 Å². The van der Waals surface area contributed by atoms with E-state index in [0.29, 0.717) is 49.2 Å². The van der Waals surface area contributed by atoms with Crippen LogP contribution in [-0.2, 0) is 0 Å². The number of hydrogen-bond acceptors (Lipinski definition) is 4. The first-order valence-corrected chi connectivity index (χ1v) is 9.70. The van der Waals surface area contributed by atoms with Crippen molar-refractivity contribution in [2.45, 2.75) is 45.1 Å². The number of fused-ring (bicyclic) bond motifs is 1. The van der Waals surface area contributed by atoms with E-state index in [1.165, 1.54) is 0 Å². The summed E-state index contributed by atoms with van der Waals surface area (Å²) in [6.45, 7) is 4.59. The molecule has 6 heteroatoms. The molecule has 4 rings (SSSR count). The average Bonchev–Trinajstić information content (AvgIpc) is 2.83. The summed E-state index contributed by atoms with van der Waals surface area (Å²) < 4.78 is 6.28. The lowest BCUT2D eigenvalue weighted by molar-refractivity contribution is 0.0300. The van der Waals surface area contributed by atoms with Gasteiger partial charge >= 0.3 is 0 Å². The van der Waals surface area contributed by atoms with Crippen LogP contribution in [0.3, 0.4) is 0 Å². The molecule has 1 aromatic carbocycles. The van der Waals surface area contributed by atoms with Crippen molar-refractivity contribution in [1.29, 1.82) is 0 Å². The van der Waals surface area contributed by atoms with Crippen LogP contribution in [0.5, 0.6) is 5.75 Å². The van der Waals surface area contributed by atoms with Crippen LogP contribution in [0.1, 0.15) is 57.7 Å². The zero-order chi connectivity index (χ0) is 19.9. The molecule has 1 spiro atoms. The quantitative estimate of drug-likeness (QED) is 0.825. The number of pyridine rings is 1. The van der Waals surface area contributed by atoms with Crippen molar-refractivity contribution in [3.63, 3.8) is 0 Å². The number of ketones is 1. The molecule has 0 bridgehead atoms. The van der Waals surface area contributed by atoms with Gasteiger partial charge in [-0.3, -0.25) is 14.4 Å². The number of Topliss-reactive ketones (excluding diaryl/α,β-unsaturated/α-hetero) is 1. The van der Waals surface area contributed by atoms with E-state index in [1.54, 1.807) is 24.8 Å². The molecule has 28 heavy (non-hydrogen) atoms. The van der Waals surface area contributed by atoms with Crippen molar-refractivity contribution in [2.24, 2.45) is 0 Å². The van der Waals surface area contributed by atoms with Gasteiger partial charge in [-0.25, -0.2) is 0 Å². The van der Waals surface area contributed by atoms with E-state index in [4.69, 9.17) is 4.74 Å². The molecular formula is C22H24N2O4. The van der Waals surface area contributed by atoms with Gasteiger partial charge in [0.05, 0.1) is 12.0 Å². The minimum atomic E-state index is -0.574. The van der Waals surface area contributed by atoms with Gasteiger partial charge in [0.15, 0.2) is 5.78 Å². The topological polar surface area (TPSA) is 79.5 Å². The van der Waals surface area contributed by atoms with Gasteiger partial charge in [-0.1, -0.05) is 12.1 Å². The van der Waals surface area contributed by atoms with E-state index in [9.17, 15) is 14.4 Å². The molecule has 3 heterocycles. The largest absolute Gasteiger partial charge is 0.486 e. The maximum Gasteiger partial charge on any atom is 0.261 e. The third-order valence-electron chi connectivity index (χ3n) is 5.76. The summed E-state index contributed by atoms with van der Waals surface area (Å²) in [6, 6.07) is 9.14. The zero-order valence-electron chi connectivity index (χ0n) is 16.2. The Bertz CT molecular complexity index is 1010. The van der Waals surface area contributed by atoms with Crippen molar-refractivity contribution in [3.05, 3.63) is 63.1 Å². The number of aromatic amines is 1. The molecule has 1 amide bonds. The SMILES string of the molecule is Cc1cc(C)c(C(=O)N2CCCC3(CC2)CC(=O)c2ccccc2O3)c(=O)[nH]1. The third-order valence-corrected chi connectivity index (χ3v) is 5.76. The fourth-order valence-electron chi connectivity index (χ4n) is 4.37. The first-order valence-electron chi connectivity index (χ1n) is 9.70. The van der Waals surface area contributed by atoms with Crippen LogP contribution >= 0.6 is 0 Å². The van der Waals surface area contributed by atoms with Gasteiger partial charge in [0, 0.05) is 25.2 Å². The number of nitrogens with one attached hydrogen (secondary N) is 1. The van der Waals surface area contributed by atoms with E-state index in [0.717, 1.165) is 12.1 Å². The minimum absolute atomic E-state index is 0.0902. The summed E-state index contributed by atoms with van der Waals surface area (Å²) in [5.74, 6) is 0.468. The second-order valence-electron chi connectivity index (χ2n) is 7.87. The van der Waals surface area contributed by atoms with Gasteiger partial charge < -0.3 is 14.6 Å². The zero-order valence-corrected chi connectivity index (χ0v) is 16.2. The van der Waals surface area contributed by atoms with E-state index in [2.05, 4.69) is 4.98 Å². The smallest absolute Gasteiger partial charge is 0.261 e. The number of likely N-dealkylation sites (tertiary alicyclic amines) is 1. The van der Waals surface area contributed by atoms with E-state index < -0.39 is 5.60 Å². The predicted molar refractivity (Wildman–Crippen MR) is 105 cm³/mol. The molecular weight excluding hydrogens is 356 g/mol. The van der Waals surface area contributed by atoms with Crippen molar-refractivity contribution in [3.8, 4) is 5.75 Å². The molecule has 1 unspecified atom stereocenters. The molecule has 0 radical (unpaired) electrons. The molecule has 1 N–H and O–H groups in total. The summed E-state index contributed by atoms with van der Waals surface area (Å²) in [6.07, 6.45) is 2.34. The number of ether oxygens (including phenoxy) is 1. The summed E-state index contributed by atoms with van der Waals surface area (Å²) in [7, 11) is 0. The first kappa shape index (κ1) is 18.5.